The normalized spacial score (nSPS) is 10.9. The number of amides is 1. The zero-order valence-corrected chi connectivity index (χ0v) is 14.7. The van der Waals surface area contributed by atoms with E-state index >= 15 is 0 Å². The summed E-state index contributed by atoms with van der Waals surface area (Å²) in [7, 11) is 0. The van der Waals surface area contributed by atoms with Crippen LogP contribution < -0.4 is 5.32 Å². The van der Waals surface area contributed by atoms with Crippen LogP contribution in [0.5, 0.6) is 0 Å². The van der Waals surface area contributed by atoms with E-state index in [-0.39, 0.29) is 5.91 Å². The maximum absolute atomic E-state index is 12.4. The van der Waals surface area contributed by atoms with Crippen molar-refractivity contribution in [3.63, 3.8) is 0 Å². The molecule has 0 bridgehead atoms. The van der Waals surface area contributed by atoms with Crippen molar-refractivity contribution in [2.75, 3.05) is 6.54 Å². The summed E-state index contributed by atoms with van der Waals surface area (Å²) in [5.74, 6) is 0.679. The Labute approximate surface area is 153 Å². The second-order valence-electron chi connectivity index (χ2n) is 5.72. The molecule has 0 unspecified atom stereocenters. The number of nitrogens with one attached hydrogen (secondary N) is 1. The third kappa shape index (κ3) is 3.31. The maximum atomic E-state index is 12.4. The lowest BCUT2D eigenvalue weighted by atomic mass is 10.1. The summed E-state index contributed by atoms with van der Waals surface area (Å²) in [6.45, 7) is 0.534. The first-order valence-corrected chi connectivity index (χ1v) is 9.05. The average molecular weight is 364 g/mol. The highest BCUT2D eigenvalue weighted by molar-refractivity contribution is 7.09. The molecule has 0 aliphatic heterocycles. The maximum Gasteiger partial charge on any atom is 0.273 e. The van der Waals surface area contributed by atoms with Crippen LogP contribution >= 0.6 is 11.5 Å². The number of fused-ring (bicyclic) bond motifs is 1. The van der Waals surface area contributed by atoms with Gasteiger partial charge in [0.1, 0.15) is 5.82 Å². The third-order valence-electron chi connectivity index (χ3n) is 3.99. The second-order valence-corrected chi connectivity index (χ2v) is 6.48. The molecule has 4 rings (SSSR count). The minimum absolute atomic E-state index is 0.205. The number of aryl methyl sites for hydroxylation is 1. The number of hydrogen-bond donors (Lipinski definition) is 1. The molecule has 1 N–H and O–H groups in total. The van der Waals surface area contributed by atoms with Gasteiger partial charge in [-0.2, -0.15) is 0 Å². The number of aromatic nitrogens is 5. The Bertz CT molecular complexity index is 1030. The zero-order chi connectivity index (χ0) is 17.8. The van der Waals surface area contributed by atoms with Crippen LogP contribution in [0, 0.1) is 0 Å². The van der Waals surface area contributed by atoms with Crippen molar-refractivity contribution in [2.45, 2.75) is 12.8 Å². The van der Waals surface area contributed by atoms with E-state index in [1.165, 1.54) is 11.5 Å². The molecule has 7 nitrogen and oxygen atoms in total. The first kappa shape index (κ1) is 16.3. The summed E-state index contributed by atoms with van der Waals surface area (Å²) < 4.78 is 5.89. The van der Waals surface area contributed by atoms with Gasteiger partial charge in [0.05, 0.1) is 4.88 Å². The van der Waals surface area contributed by atoms with Gasteiger partial charge >= 0.3 is 0 Å². The first-order valence-electron chi connectivity index (χ1n) is 8.27. The Morgan fingerprint density at radius 2 is 1.88 bits per heavy atom. The smallest absolute Gasteiger partial charge is 0.273 e. The molecule has 0 saturated carbocycles. The van der Waals surface area contributed by atoms with E-state index in [1.807, 2.05) is 59.1 Å². The van der Waals surface area contributed by atoms with E-state index in [2.05, 4.69) is 25.1 Å². The van der Waals surface area contributed by atoms with Crippen LogP contribution in [0.1, 0.15) is 22.7 Å². The fourth-order valence-electron chi connectivity index (χ4n) is 2.71. The van der Waals surface area contributed by atoms with Gasteiger partial charge in [0.2, 0.25) is 0 Å². The minimum Gasteiger partial charge on any atom is -0.351 e. The highest BCUT2D eigenvalue weighted by Gasteiger charge is 2.17. The van der Waals surface area contributed by atoms with Gasteiger partial charge in [0, 0.05) is 19.2 Å². The van der Waals surface area contributed by atoms with Crippen LogP contribution in [0.2, 0.25) is 0 Å². The van der Waals surface area contributed by atoms with E-state index in [4.69, 9.17) is 0 Å². The molecule has 4 aromatic rings. The van der Waals surface area contributed by atoms with Crippen molar-refractivity contribution in [3.05, 3.63) is 66.2 Å². The quantitative estimate of drug-likeness (QED) is 0.532. The van der Waals surface area contributed by atoms with Crippen LogP contribution in [0.3, 0.4) is 0 Å². The van der Waals surface area contributed by atoms with Crippen LogP contribution in [-0.4, -0.2) is 36.6 Å². The largest absolute Gasteiger partial charge is 0.351 e. The Balaban J connectivity index is 1.36. The average Bonchev–Trinajstić information content (AvgIpc) is 3.33. The van der Waals surface area contributed by atoms with Gasteiger partial charge in [-0.05, 0) is 35.6 Å². The van der Waals surface area contributed by atoms with Gasteiger partial charge in [-0.25, -0.2) is 0 Å². The Kier molecular flexibility index (Phi) is 4.65. The topological polar surface area (TPSA) is 85.1 Å². The lowest BCUT2D eigenvalue weighted by Gasteiger charge is -2.04. The van der Waals surface area contributed by atoms with Crippen LogP contribution in [0.15, 0.2) is 54.7 Å². The Morgan fingerprint density at radius 1 is 1.04 bits per heavy atom. The SMILES string of the molecule is O=C(NCCCc1nnc2ccccn12)c1nnsc1-c1ccccc1. The van der Waals surface area contributed by atoms with Crippen molar-refractivity contribution in [2.24, 2.45) is 0 Å². The molecule has 0 aliphatic carbocycles. The summed E-state index contributed by atoms with van der Waals surface area (Å²) in [6.07, 6.45) is 3.43. The summed E-state index contributed by atoms with van der Waals surface area (Å²) in [6, 6.07) is 15.5. The van der Waals surface area contributed by atoms with Gasteiger partial charge in [-0.3, -0.25) is 9.20 Å². The number of benzene rings is 1. The monoisotopic (exact) mass is 364 g/mol. The molecular weight excluding hydrogens is 348 g/mol. The molecule has 0 radical (unpaired) electrons. The van der Waals surface area contributed by atoms with Gasteiger partial charge in [-0.1, -0.05) is 40.9 Å². The summed E-state index contributed by atoms with van der Waals surface area (Å²) >= 11 is 1.23. The standard InChI is InChI=1S/C18H16N6OS/c25-18(16-17(26-23-22-16)13-7-2-1-3-8-13)19-11-6-10-15-21-20-14-9-4-5-12-24(14)15/h1-5,7-9,12H,6,10-11H2,(H,19,25). The van der Waals surface area contributed by atoms with E-state index < -0.39 is 0 Å². The molecule has 1 amide bonds. The van der Waals surface area contributed by atoms with E-state index in [1.54, 1.807) is 0 Å². The van der Waals surface area contributed by atoms with E-state index in [0.29, 0.717) is 12.2 Å². The van der Waals surface area contributed by atoms with Crippen LogP contribution in [0.4, 0.5) is 0 Å². The number of hydrogen-bond acceptors (Lipinski definition) is 6. The zero-order valence-electron chi connectivity index (χ0n) is 13.9. The van der Waals surface area contributed by atoms with Crippen molar-refractivity contribution < 1.29 is 4.79 Å². The van der Waals surface area contributed by atoms with Gasteiger partial charge < -0.3 is 5.32 Å². The molecule has 130 valence electrons. The lowest BCUT2D eigenvalue weighted by Crippen LogP contribution is -2.25. The molecule has 3 aromatic heterocycles. The molecular formula is C18H16N6OS. The molecule has 8 heteroatoms. The molecule has 3 heterocycles. The first-order chi connectivity index (χ1) is 12.8. The molecule has 0 atom stereocenters. The van der Waals surface area contributed by atoms with E-state index in [9.17, 15) is 4.79 Å². The summed E-state index contributed by atoms with van der Waals surface area (Å²) in [4.78, 5) is 13.2. The van der Waals surface area contributed by atoms with Crippen molar-refractivity contribution >= 4 is 23.1 Å². The predicted octanol–water partition coefficient (Wildman–Crippen LogP) is 2.61. The van der Waals surface area contributed by atoms with Crippen molar-refractivity contribution in [1.82, 2.24) is 29.5 Å². The third-order valence-corrected chi connectivity index (χ3v) is 4.76. The number of carbonyl (C=O) groups excluding carboxylic acids is 1. The molecule has 1 aromatic carbocycles. The molecule has 0 aliphatic rings. The lowest BCUT2D eigenvalue weighted by molar-refractivity contribution is 0.0949. The van der Waals surface area contributed by atoms with Gasteiger partial charge in [0.15, 0.2) is 11.3 Å². The Morgan fingerprint density at radius 3 is 2.77 bits per heavy atom. The fourth-order valence-corrected chi connectivity index (χ4v) is 3.38. The highest BCUT2D eigenvalue weighted by atomic mass is 32.1. The number of nitrogens with zero attached hydrogens (tertiary/aromatic N) is 5. The number of rotatable bonds is 6. The Hall–Kier alpha value is -3.13. The highest BCUT2D eigenvalue weighted by Crippen LogP contribution is 2.25. The van der Waals surface area contributed by atoms with Gasteiger partial charge in [-0.15, -0.1) is 15.3 Å². The summed E-state index contributed by atoms with van der Waals surface area (Å²) in [5.41, 5.74) is 2.14. The molecule has 0 spiro atoms. The fraction of sp³-hybridized carbons (Fsp3) is 0.167. The summed E-state index contributed by atoms with van der Waals surface area (Å²) in [5, 5.41) is 15.2. The van der Waals surface area contributed by atoms with Crippen LogP contribution in [0.25, 0.3) is 16.1 Å². The van der Waals surface area contributed by atoms with E-state index in [0.717, 1.165) is 34.8 Å². The second kappa shape index (κ2) is 7.40. The molecule has 0 saturated heterocycles. The van der Waals surface area contributed by atoms with Crippen LogP contribution in [-0.2, 0) is 6.42 Å². The molecule has 0 fully saturated rings. The molecule has 26 heavy (non-hydrogen) atoms. The van der Waals surface area contributed by atoms with Gasteiger partial charge in [0.25, 0.3) is 5.91 Å². The number of pyridine rings is 1. The predicted molar refractivity (Wildman–Crippen MR) is 99.0 cm³/mol. The van der Waals surface area contributed by atoms with Crippen molar-refractivity contribution in [3.8, 4) is 10.4 Å². The minimum atomic E-state index is -0.205. The van der Waals surface area contributed by atoms with Crippen molar-refractivity contribution in [1.29, 1.82) is 0 Å². The number of carbonyl (C=O) groups is 1.